The number of nitrogens with zero attached hydrogens (tertiary/aromatic N) is 2. The van der Waals surface area contributed by atoms with Crippen LogP contribution in [-0.4, -0.2) is 35.2 Å². The van der Waals surface area contributed by atoms with Crippen molar-refractivity contribution in [3.63, 3.8) is 0 Å². The van der Waals surface area contributed by atoms with Crippen LogP contribution in [-0.2, 0) is 9.59 Å². The molecule has 1 fully saturated rings. The first-order valence-electron chi connectivity index (χ1n) is 10.2. The zero-order valence-electron chi connectivity index (χ0n) is 16.6. The number of furan rings is 1. The van der Waals surface area contributed by atoms with Gasteiger partial charge < -0.3 is 9.32 Å². The highest BCUT2D eigenvalue weighted by Crippen LogP contribution is 2.28. The smallest absolute Gasteiger partial charge is 0.290 e. The quantitative estimate of drug-likeness (QED) is 0.531. The molecule has 1 aliphatic carbocycles. The van der Waals surface area contributed by atoms with Crippen LogP contribution >= 0.6 is 0 Å². The largest absolute Gasteiger partial charge is 0.459 e. The summed E-state index contributed by atoms with van der Waals surface area (Å²) in [7, 11) is 0. The molecular weight excluding hydrogens is 387 g/mol. The maximum atomic E-state index is 13.3. The normalized spacial score (nSPS) is 19.2. The van der Waals surface area contributed by atoms with E-state index in [1.807, 2.05) is 0 Å². The average molecular weight is 410 g/mol. The van der Waals surface area contributed by atoms with E-state index in [4.69, 9.17) is 4.42 Å². The summed E-state index contributed by atoms with van der Waals surface area (Å²) in [5.74, 6) is -1.63. The Morgan fingerprint density at radius 2 is 1.97 bits per heavy atom. The molecule has 6 nitrogen and oxygen atoms in total. The van der Waals surface area contributed by atoms with Gasteiger partial charge in [-0.25, -0.2) is 9.29 Å². The Balaban J connectivity index is 1.58. The van der Waals surface area contributed by atoms with Crippen molar-refractivity contribution in [2.75, 3.05) is 11.4 Å². The van der Waals surface area contributed by atoms with Crippen molar-refractivity contribution in [2.45, 2.75) is 44.6 Å². The second kappa shape index (κ2) is 8.65. The first kappa shape index (κ1) is 20.1. The Labute approximate surface area is 173 Å². The third kappa shape index (κ3) is 4.06. The number of hydrogen-bond acceptors (Lipinski definition) is 4. The summed E-state index contributed by atoms with van der Waals surface area (Å²) >= 11 is 0. The molecule has 156 valence electrons. The van der Waals surface area contributed by atoms with E-state index < -0.39 is 29.6 Å². The molecule has 0 N–H and O–H groups in total. The standard InChI is InChI=1S/C23H23FN2O4/c24-17-8-10-18(11-9-17)26-21(27)15-19(22(26)28)25(23(29)20-7-4-14-30-20)13-12-16-5-2-1-3-6-16/h4-5,7-11,14,19H,1-3,6,12-13,15H2. The van der Waals surface area contributed by atoms with E-state index in [1.54, 1.807) is 12.1 Å². The molecule has 7 heteroatoms. The Kier molecular flexibility index (Phi) is 5.79. The van der Waals surface area contributed by atoms with Crippen LogP contribution in [0.4, 0.5) is 10.1 Å². The average Bonchev–Trinajstić information content (AvgIpc) is 3.39. The maximum absolute atomic E-state index is 13.3. The number of anilines is 1. The van der Waals surface area contributed by atoms with Crippen LogP contribution in [0.15, 0.2) is 58.7 Å². The highest BCUT2D eigenvalue weighted by molar-refractivity contribution is 6.23. The predicted octanol–water partition coefficient (Wildman–Crippen LogP) is 4.08. The minimum Gasteiger partial charge on any atom is -0.459 e. The molecule has 2 aromatic rings. The summed E-state index contributed by atoms with van der Waals surface area (Å²) in [6.45, 7) is 0.326. The number of halogens is 1. The molecule has 4 rings (SSSR count). The Bertz CT molecular complexity index is 966. The van der Waals surface area contributed by atoms with E-state index in [-0.39, 0.29) is 12.2 Å². The number of carbonyl (C=O) groups is 3. The van der Waals surface area contributed by atoms with Gasteiger partial charge in [0.2, 0.25) is 5.91 Å². The zero-order valence-corrected chi connectivity index (χ0v) is 16.6. The molecule has 0 radical (unpaired) electrons. The highest BCUT2D eigenvalue weighted by Gasteiger charge is 2.44. The molecule has 2 heterocycles. The topological polar surface area (TPSA) is 70.8 Å². The van der Waals surface area contributed by atoms with Crippen LogP contribution in [0.3, 0.4) is 0 Å². The number of carbonyl (C=O) groups excluding carboxylic acids is 3. The highest BCUT2D eigenvalue weighted by atomic mass is 19.1. The van der Waals surface area contributed by atoms with Crippen molar-refractivity contribution in [3.05, 3.63) is 65.9 Å². The molecule has 0 saturated carbocycles. The van der Waals surface area contributed by atoms with Gasteiger partial charge >= 0.3 is 0 Å². The first-order chi connectivity index (χ1) is 14.5. The molecule has 3 amide bonds. The fourth-order valence-corrected chi connectivity index (χ4v) is 4.06. The summed E-state index contributed by atoms with van der Waals surface area (Å²) in [6, 6.07) is 7.42. The molecule has 1 atom stereocenters. The minimum absolute atomic E-state index is 0.109. The third-order valence-corrected chi connectivity index (χ3v) is 5.64. The number of benzene rings is 1. The van der Waals surface area contributed by atoms with Crippen molar-refractivity contribution in [2.24, 2.45) is 0 Å². The lowest BCUT2D eigenvalue weighted by Gasteiger charge is -2.27. The second-order valence-corrected chi connectivity index (χ2v) is 7.60. The van der Waals surface area contributed by atoms with E-state index >= 15 is 0 Å². The molecule has 0 bridgehead atoms. The lowest BCUT2D eigenvalue weighted by atomic mass is 9.97. The molecule has 1 aromatic carbocycles. The number of imide groups is 1. The number of hydrogen-bond donors (Lipinski definition) is 0. The summed E-state index contributed by atoms with van der Waals surface area (Å²) in [4.78, 5) is 41.3. The monoisotopic (exact) mass is 410 g/mol. The van der Waals surface area contributed by atoms with Crippen molar-refractivity contribution in [3.8, 4) is 0 Å². The van der Waals surface area contributed by atoms with Crippen LogP contribution in [0.25, 0.3) is 0 Å². The number of allylic oxidation sites excluding steroid dienone is 1. The number of rotatable bonds is 6. The fourth-order valence-electron chi connectivity index (χ4n) is 4.06. The van der Waals surface area contributed by atoms with E-state index in [0.29, 0.717) is 18.7 Å². The summed E-state index contributed by atoms with van der Waals surface area (Å²) in [6.07, 6.45) is 8.45. The first-order valence-corrected chi connectivity index (χ1v) is 10.2. The summed E-state index contributed by atoms with van der Waals surface area (Å²) in [5, 5.41) is 0. The molecule has 2 aliphatic rings. The van der Waals surface area contributed by atoms with Crippen molar-refractivity contribution in [1.29, 1.82) is 0 Å². The summed E-state index contributed by atoms with van der Waals surface area (Å²) < 4.78 is 18.5. The van der Waals surface area contributed by atoms with Gasteiger partial charge in [0.25, 0.3) is 11.8 Å². The van der Waals surface area contributed by atoms with Crippen LogP contribution in [0.5, 0.6) is 0 Å². The van der Waals surface area contributed by atoms with Gasteiger partial charge in [-0.3, -0.25) is 14.4 Å². The van der Waals surface area contributed by atoms with Gasteiger partial charge in [0.15, 0.2) is 5.76 Å². The lowest BCUT2D eigenvalue weighted by molar-refractivity contribution is -0.122. The van der Waals surface area contributed by atoms with Crippen LogP contribution in [0.1, 0.15) is 49.1 Å². The van der Waals surface area contributed by atoms with Gasteiger partial charge in [-0.2, -0.15) is 0 Å². The van der Waals surface area contributed by atoms with Gasteiger partial charge in [-0.05, 0) is 68.5 Å². The van der Waals surface area contributed by atoms with Gasteiger partial charge in [0, 0.05) is 6.54 Å². The molecule has 0 spiro atoms. The second-order valence-electron chi connectivity index (χ2n) is 7.60. The third-order valence-electron chi connectivity index (χ3n) is 5.64. The minimum atomic E-state index is -0.913. The SMILES string of the molecule is O=C1CC(N(CCC2=CCCCC2)C(=O)c2ccco2)C(=O)N1c1ccc(F)cc1. The van der Waals surface area contributed by atoms with E-state index in [9.17, 15) is 18.8 Å². The van der Waals surface area contributed by atoms with E-state index in [1.165, 1.54) is 47.4 Å². The lowest BCUT2D eigenvalue weighted by Crippen LogP contribution is -2.46. The Morgan fingerprint density at radius 1 is 1.17 bits per heavy atom. The van der Waals surface area contributed by atoms with E-state index in [0.717, 1.165) is 24.2 Å². The molecular formula is C23H23FN2O4. The zero-order chi connectivity index (χ0) is 21.1. The van der Waals surface area contributed by atoms with Gasteiger partial charge in [0.1, 0.15) is 11.9 Å². The van der Waals surface area contributed by atoms with Crippen LogP contribution in [0.2, 0.25) is 0 Å². The van der Waals surface area contributed by atoms with Crippen molar-refractivity contribution >= 4 is 23.4 Å². The molecule has 1 saturated heterocycles. The summed E-state index contributed by atoms with van der Waals surface area (Å²) in [5.41, 5.74) is 1.57. The fraction of sp³-hybridized carbons (Fsp3) is 0.348. The molecule has 1 aromatic heterocycles. The van der Waals surface area contributed by atoms with Crippen molar-refractivity contribution in [1.82, 2.24) is 4.90 Å². The van der Waals surface area contributed by atoms with Crippen molar-refractivity contribution < 1.29 is 23.2 Å². The number of amides is 3. The Hall–Kier alpha value is -3.22. The van der Waals surface area contributed by atoms with Crippen LogP contribution < -0.4 is 4.90 Å². The van der Waals surface area contributed by atoms with E-state index in [2.05, 4.69) is 6.08 Å². The molecule has 1 aliphatic heterocycles. The van der Waals surface area contributed by atoms with Gasteiger partial charge in [-0.15, -0.1) is 0 Å². The maximum Gasteiger partial charge on any atom is 0.290 e. The Morgan fingerprint density at radius 3 is 2.63 bits per heavy atom. The van der Waals surface area contributed by atoms with Crippen LogP contribution in [0, 0.1) is 5.82 Å². The van der Waals surface area contributed by atoms with Gasteiger partial charge in [0.05, 0.1) is 18.4 Å². The van der Waals surface area contributed by atoms with Gasteiger partial charge in [-0.1, -0.05) is 11.6 Å². The predicted molar refractivity (Wildman–Crippen MR) is 108 cm³/mol. The molecule has 30 heavy (non-hydrogen) atoms. The molecule has 1 unspecified atom stereocenters.